The van der Waals surface area contributed by atoms with Crippen LogP contribution in [0.2, 0.25) is 5.02 Å². The van der Waals surface area contributed by atoms with Crippen molar-refractivity contribution in [3.05, 3.63) is 61.6 Å². The van der Waals surface area contributed by atoms with Gasteiger partial charge in [-0.25, -0.2) is 18.4 Å². The molecular weight excluding hydrogens is 482 g/mol. The van der Waals surface area contributed by atoms with E-state index in [1.807, 2.05) is 0 Å². The number of carbonyl (C=O) groups excluding carboxylic acids is 2. The van der Waals surface area contributed by atoms with Crippen LogP contribution in [0.4, 0.5) is 11.4 Å². The Kier molecular flexibility index (Phi) is 6.72. The number of primary sulfonamides is 1. The van der Waals surface area contributed by atoms with Crippen LogP contribution in [0.25, 0.3) is 0 Å². The summed E-state index contributed by atoms with van der Waals surface area (Å²) in [5.41, 5.74) is -0.313. The third kappa shape index (κ3) is 5.48. The van der Waals surface area contributed by atoms with Gasteiger partial charge in [-0.2, -0.15) is 0 Å². The van der Waals surface area contributed by atoms with Crippen molar-refractivity contribution in [2.24, 2.45) is 5.14 Å². The normalized spacial score (nSPS) is 11.0. The molecule has 0 unspecified atom stereocenters. The van der Waals surface area contributed by atoms with Crippen LogP contribution in [-0.2, 0) is 19.6 Å². The van der Waals surface area contributed by atoms with Crippen molar-refractivity contribution in [1.82, 2.24) is 0 Å². The summed E-state index contributed by atoms with van der Waals surface area (Å²) in [7, 11) is -4.03. The van der Waals surface area contributed by atoms with E-state index < -0.39 is 33.4 Å². The first-order valence-corrected chi connectivity index (χ1v) is 9.94. The molecule has 148 valence electrons. The number of nitro groups is 1. The van der Waals surface area contributed by atoms with Gasteiger partial charge in [0.05, 0.1) is 26.1 Å². The summed E-state index contributed by atoms with van der Waals surface area (Å²) < 4.78 is 27.8. The van der Waals surface area contributed by atoms with Gasteiger partial charge in [0, 0.05) is 16.6 Å². The summed E-state index contributed by atoms with van der Waals surface area (Å²) in [5.74, 6) is -1.73. The first kappa shape index (κ1) is 21.8. The van der Waals surface area contributed by atoms with Gasteiger partial charge in [0.25, 0.3) is 11.6 Å². The maximum Gasteiger partial charge on any atom is 0.339 e. The van der Waals surface area contributed by atoms with Crippen molar-refractivity contribution in [1.29, 1.82) is 0 Å². The molecule has 0 bridgehead atoms. The zero-order valence-electron chi connectivity index (χ0n) is 13.7. The molecule has 0 saturated heterocycles. The number of nitro benzene ring substituents is 1. The van der Waals surface area contributed by atoms with E-state index >= 15 is 0 Å². The second kappa shape index (κ2) is 8.65. The number of esters is 1. The molecule has 3 N–H and O–H groups in total. The van der Waals surface area contributed by atoms with Gasteiger partial charge >= 0.3 is 5.97 Å². The molecule has 13 heteroatoms. The van der Waals surface area contributed by atoms with Crippen molar-refractivity contribution in [2.75, 3.05) is 11.9 Å². The highest BCUT2D eigenvalue weighted by Crippen LogP contribution is 2.26. The molecule has 0 aliphatic carbocycles. The molecule has 2 rings (SSSR count). The van der Waals surface area contributed by atoms with E-state index in [4.69, 9.17) is 21.5 Å². The zero-order chi connectivity index (χ0) is 21.1. The highest BCUT2D eigenvalue weighted by molar-refractivity contribution is 9.10. The van der Waals surface area contributed by atoms with E-state index in [9.17, 15) is 28.1 Å². The smallest absolute Gasteiger partial charge is 0.339 e. The van der Waals surface area contributed by atoms with E-state index in [1.165, 1.54) is 18.2 Å². The van der Waals surface area contributed by atoms with Gasteiger partial charge in [-0.05, 0) is 40.2 Å². The maximum atomic E-state index is 12.1. The van der Waals surface area contributed by atoms with Crippen LogP contribution in [0.3, 0.4) is 0 Å². The van der Waals surface area contributed by atoms with E-state index in [-0.39, 0.29) is 31.3 Å². The van der Waals surface area contributed by atoms with Gasteiger partial charge < -0.3 is 10.1 Å². The summed E-state index contributed by atoms with van der Waals surface area (Å²) in [6.45, 7) is -0.710. The number of anilines is 1. The Morgan fingerprint density at radius 2 is 1.93 bits per heavy atom. The summed E-state index contributed by atoms with van der Waals surface area (Å²) in [6.07, 6.45) is 0. The van der Waals surface area contributed by atoms with E-state index in [1.54, 1.807) is 0 Å². The Bertz CT molecular complexity index is 1080. The molecule has 0 aromatic heterocycles. The number of nitrogens with two attached hydrogens (primary N) is 1. The monoisotopic (exact) mass is 491 g/mol. The van der Waals surface area contributed by atoms with Crippen molar-refractivity contribution >= 4 is 60.8 Å². The first-order valence-electron chi connectivity index (χ1n) is 7.22. The fourth-order valence-electron chi connectivity index (χ4n) is 1.95. The highest BCUT2D eigenvalue weighted by Gasteiger charge is 2.18. The van der Waals surface area contributed by atoms with Gasteiger partial charge in [-0.15, -0.1) is 0 Å². The minimum absolute atomic E-state index is 0.0718. The predicted octanol–water partition coefficient (Wildman–Crippen LogP) is 2.45. The maximum absolute atomic E-state index is 12.1. The third-order valence-electron chi connectivity index (χ3n) is 3.26. The lowest BCUT2D eigenvalue weighted by molar-refractivity contribution is -0.384. The average molecular weight is 493 g/mol. The Balaban J connectivity index is 2.05. The Hall–Kier alpha value is -2.54. The van der Waals surface area contributed by atoms with Crippen LogP contribution in [0.15, 0.2) is 45.8 Å². The Morgan fingerprint density at radius 3 is 2.50 bits per heavy atom. The number of hydrogen-bond donors (Lipinski definition) is 2. The summed E-state index contributed by atoms with van der Waals surface area (Å²) in [4.78, 5) is 33.8. The van der Waals surface area contributed by atoms with Crippen LogP contribution < -0.4 is 10.5 Å². The molecular formula is C15H11BrClN3O7S. The number of amides is 1. The molecule has 0 saturated carbocycles. The molecule has 0 spiro atoms. The van der Waals surface area contributed by atoms with Crippen molar-refractivity contribution in [3.8, 4) is 0 Å². The number of rotatable bonds is 6. The molecule has 10 nitrogen and oxygen atoms in total. The number of hydrogen-bond acceptors (Lipinski definition) is 7. The SMILES string of the molecule is NS(=O)(=O)c1ccc(Br)c(C(=O)OCC(=O)Nc2ccc([N+](=O)[O-])cc2Cl)c1. The number of ether oxygens (including phenoxy) is 1. The standard InChI is InChI=1S/C15H11BrClN3O7S/c16-11-3-2-9(28(18,25)26)6-10(11)15(22)27-7-14(21)19-13-4-1-8(20(23)24)5-12(13)17/h1-6H,7H2,(H,19,21)(H2,18,25,26). The molecule has 2 aromatic rings. The second-order valence-electron chi connectivity index (χ2n) is 5.23. The number of non-ortho nitro benzene ring substituents is 1. The number of carbonyl (C=O) groups is 2. The molecule has 2 aromatic carbocycles. The van der Waals surface area contributed by atoms with Crippen LogP contribution >= 0.6 is 27.5 Å². The van der Waals surface area contributed by atoms with E-state index in [2.05, 4.69) is 21.2 Å². The summed E-state index contributed by atoms with van der Waals surface area (Å²) in [5, 5.41) is 17.9. The van der Waals surface area contributed by atoms with Crippen LogP contribution in [0.5, 0.6) is 0 Å². The van der Waals surface area contributed by atoms with Gasteiger partial charge in [0.15, 0.2) is 6.61 Å². The minimum atomic E-state index is -4.03. The van der Waals surface area contributed by atoms with Gasteiger partial charge in [0.2, 0.25) is 10.0 Å². The summed E-state index contributed by atoms with van der Waals surface area (Å²) in [6, 6.07) is 6.92. The van der Waals surface area contributed by atoms with Crippen LogP contribution in [-0.4, -0.2) is 31.8 Å². The minimum Gasteiger partial charge on any atom is -0.452 e. The van der Waals surface area contributed by atoms with E-state index in [0.29, 0.717) is 0 Å². The third-order valence-corrected chi connectivity index (χ3v) is 5.17. The Morgan fingerprint density at radius 1 is 1.25 bits per heavy atom. The van der Waals surface area contributed by atoms with Crippen molar-refractivity contribution in [2.45, 2.75) is 4.90 Å². The number of nitrogens with one attached hydrogen (secondary N) is 1. The number of sulfonamides is 1. The zero-order valence-corrected chi connectivity index (χ0v) is 16.9. The lowest BCUT2D eigenvalue weighted by Crippen LogP contribution is -2.21. The Labute approximate surface area is 171 Å². The lowest BCUT2D eigenvalue weighted by Gasteiger charge is -2.09. The largest absolute Gasteiger partial charge is 0.452 e. The molecule has 0 fully saturated rings. The average Bonchev–Trinajstić information content (AvgIpc) is 2.60. The molecule has 0 aliphatic rings. The van der Waals surface area contributed by atoms with Crippen molar-refractivity contribution < 1.29 is 27.7 Å². The van der Waals surface area contributed by atoms with Crippen molar-refractivity contribution in [3.63, 3.8) is 0 Å². The fourth-order valence-corrected chi connectivity index (χ4v) is 3.12. The van der Waals surface area contributed by atoms with Gasteiger partial charge in [-0.3, -0.25) is 14.9 Å². The summed E-state index contributed by atoms with van der Waals surface area (Å²) >= 11 is 8.93. The number of nitrogens with zero attached hydrogens (tertiary/aromatic N) is 1. The molecule has 28 heavy (non-hydrogen) atoms. The van der Waals surface area contributed by atoms with E-state index in [0.717, 1.165) is 18.2 Å². The van der Waals surface area contributed by atoms with Crippen LogP contribution in [0, 0.1) is 10.1 Å². The predicted molar refractivity (Wildman–Crippen MR) is 103 cm³/mol. The number of halogens is 2. The van der Waals surface area contributed by atoms with Gasteiger partial charge in [-0.1, -0.05) is 11.6 Å². The molecule has 0 heterocycles. The topological polar surface area (TPSA) is 159 Å². The highest BCUT2D eigenvalue weighted by atomic mass is 79.9. The fraction of sp³-hybridized carbons (Fsp3) is 0.0667. The first-order chi connectivity index (χ1) is 13.0. The number of benzene rings is 2. The van der Waals surface area contributed by atoms with Gasteiger partial charge in [0.1, 0.15) is 0 Å². The quantitative estimate of drug-likeness (QED) is 0.356. The molecule has 0 aliphatic heterocycles. The second-order valence-corrected chi connectivity index (χ2v) is 8.06. The van der Waals surface area contributed by atoms with Crippen LogP contribution in [0.1, 0.15) is 10.4 Å². The molecule has 0 radical (unpaired) electrons. The molecule has 1 amide bonds. The lowest BCUT2D eigenvalue weighted by atomic mass is 10.2. The molecule has 0 atom stereocenters.